The SMILES string of the molecule is CC(C)(C)c1nc(Cl)cc(NCc2csc(=O)[nH]2)n1. The van der Waals surface area contributed by atoms with Crippen molar-refractivity contribution < 1.29 is 0 Å². The molecular formula is C12H15ClN4OS. The zero-order chi connectivity index (χ0) is 14.0. The molecule has 7 heteroatoms. The molecule has 0 aliphatic carbocycles. The van der Waals surface area contributed by atoms with Gasteiger partial charge in [-0.15, -0.1) is 0 Å². The third-order valence-corrected chi connectivity index (χ3v) is 3.31. The van der Waals surface area contributed by atoms with Crippen LogP contribution in [0.4, 0.5) is 5.82 Å². The summed E-state index contributed by atoms with van der Waals surface area (Å²) in [5.74, 6) is 1.33. The Kier molecular flexibility index (Phi) is 3.91. The first-order valence-corrected chi connectivity index (χ1v) is 7.06. The van der Waals surface area contributed by atoms with E-state index in [-0.39, 0.29) is 10.3 Å². The summed E-state index contributed by atoms with van der Waals surface area (Å²) in [5, 5.41) is 5.31. The van der Waals surface area contributed by atoms with E-state index >= 15 is 0 Å². The molecule has 2 N–H and O–H groups in total. The van der Waals surface area contributed by atoms with Gasteiger partial charge in [-0.25, -0.2) is 9.97 Å². The minimum absolute atomic E-state index is 0.0621. The number of nitrogens with one attached hydrogen (secondary N) is 2. The lowest BCUT2D eigenvalue weighted by Crippen LogP contribution is -2.17. The molecule has 2 rings (SSSR count). The number of H-pyrrole nitrogens is 1. The van der Waals surface area contributed by atoms with Crippen molar-refractivity contribution in [1.82, 2.24) is 15.0 Å². The average molecular weight is 299 g/mol. The first-order valence-electron chi connectivity index (χ1n) is 5.80. The molecule has 0 atom stereocenters. The van der Waals surface area contributed by atoms with Gasteiger partial charge in [0.1, 0.15) is 16.8 Å². The van der Waals surface area contributed by atoms with Crippen molar-refractivity contribution >= 4 is 28.8 Å². The van der Waals surface area contributed by atoms with Crippen molar-refractivity contribution in [3.8, 4) is 0 Å². The van der Waals surface area contributed by atoms with Crippen LogP contribution in [0.3, 0.4) is 0 Å². The number of hydrogen-bond acceptors (Lipinski definition) is 5. The second-order valence-electron chi connectivity index (χ2n) is 5.18. The molecule has 0 unspecified atom stereocenters. The van der Waals surface area contributed by atoms with Crippen molar-refractivity contribution in [2.75, 3.05) is 5.32 Å². The summed E-state index contributed by atoms with van der Waals surface area (Å²) in [6.07, 6.45) is 0. The Hall–Kier alpha value is -1.40. The summed E-state index contributed by atoms with van der Waals surface area (Å²) in [6, 6.07) is 1.67. The molecule has 0 aromatic carbocycles. The summed E-state index contributed by atoms with van der Waals surface area (Å²) in [5.41, 5.74) is 0.653. The fourth-order valence-corrected chi connectivity index (χ4v) is 2.19. The van der Waals surface area contributed by atoms with E-state index in [0.29, 0.717) is 23.3 Å². The molecule has 19 heavy (non-hydrogen) atoms. The third kappa shape index (κ3) is 3.78. The number of rotatable bonds is 3. The molecule has 0 aliphatic heterocycles. The monoisotopic (exact) mass is 298 g/mol. The molecule has 2 aromatic heterocycles. The summed E-state index contributed by atoms with van der Waals surface area (Å²) < 4.78 is 0. The van der Waals surface area contributed by atoms with Gasteiger partial charge in [0.05, 0.1) is 6.54 Å². The summed E-state index contributed by atoms with van der Waals surface area (Å²) in [4.78, 5) is 22.4. The Morgan fingerprint density at radius 2 is 2.16 bits per heavy atom. The Bertz CT molecular complexity index is 629. The van der Waals surface area contributed by atoms with Crippen molar-refractivity contribution in [2.45, 2.75) is 32.7 Å². The quantitative estimate of drug-likeness (QED) is 0.855. The zero-order valence-corrected chi connectivity index (χ0v) is 12.5. The third-order valence-electron chi connectivity index (χ3n) is 2.40. The van der Waals surface area contributed by atoms with Crippen molar-refractivity contribution in [2.24, 2.45) is 0 Å². The van der Waals surface area contributed by atoms with Crippen LogP contribution in [0.25, 0.3) is 0 Å². The topological polar surface area (TPSA) is 70.7 Å². The smallest absolute Gasteiger partial charge is 0.304 e. The number of aromatic nitrogens is 3. The van der Waals surface area contributed by atoms with Gasteiger partial charge in [-0.05, 0) is 0 Å². The van der Waals surface area contributed by atoms with E-state index < -0.39 is 0 Å². The fourth-order valence-electron chi connectivity index (χ4n) is 1.43. The Balaban J connectivity index is 2.16. The van der Waals surface area contributed by atoms with Gasteiger partial charge >= 0.3 is 4.87 Å². The van der Waals surface area contributed by atoms with E-state index in [4.69, 9.17) is 11.6 Å². The van der Waals surface area contributed by atoms with Gasteiger partial charge in [-0.1, -0.05) is 43.7 Å². The summed E-state index contributed by atoms with van der Waals surface area (Å²) >= 11 is 7.14. The zero-order valence-electron chi connectivity index (χ0n) is 11.0. The highest BCUT2D eigenvalue weighted by molar-refractivity contribution is 7.07. The molecular weight excluding hydrogens is 284 g/mol. The highest BCUT2D eigenvalue weighted by atomic mass is 35.5. The minimum atomic E-state index is -0.169. The molecule has 0 spiro atoms. The standard InChI is InChI=1S/C12H15ClN4OS/c1-12(2,3)10-16-8(13)4-9(17-10)14-5-7-6-19-11(18)15-7/h4,6H,5H2,1-3H3,(H,15,18)(H,14,16,17). The highest BCUT2D eigenvalue weighted by Crippen LogP contribution is 2.22. The maximum Gasteiger partial charge on any atom is 0.304 e. The van der Waals surface area contributed by atoms with Crippen LogP contribution in [0.5, 0.6) is 0 Å². The number of hydrogen-bond donors (Lipinski definition) is 2. The molecule has 0 saturated heterocycles. The first kappa shape index (κ1) is 14.0. The molecule has 0 saturated carbocycles. The van der Waals surface area contributed by atoms with Crippen LogP contribution in [0.1, 0.15) is 32.3 Å². The molecule has 0 amide bonds. The molecule has 0 bridgehead atoms. The predicted molar refractivity (Wildman–Crippen MR) is 78.0 cm³/mol. The average Bonchev–Trinajstić information content (AvgIpc) is 2.71. The number of aromatic amines is 1. The maximum atomic E-state index is 11.0. The van der Waals surface area contributed by atoms with Gasteiger partial charge in [0.15, 0.2) is 0 Å². The fraction of sp³-hybridized carbons (Fsp3) is 0.417. The highest BCUT2D eigenvalue weighted by Gasteiger charge is 2.18. The van der Waals surface area contributed by atoms with Gasteiger partial charge in [-0.3, -0.25) is 4.79 Å². The van der Waals surface area contributed by atoms with Crippen LogP contribution in [-0.2, 0) is 12.0 Å². The van der Waals surface area contributed by atoms with Crippen LogP contribution in [-0.4, -0.2) is 15.0 Å². The maximum absolute atomic E-state index is 11.0. The Labute approximate surface area is 120 Å². The van der Waals surface area contributed by atoms with Gasteiger partial charge < -0.3 is 10.3 Å². The summed E-state index contributed by atoms with van der Waals surface area (Å²) in [6.45, 7) is 6.58. The molecule has 0 fully saturated rings. The lowest BCUT2D eigenvalue weighted by molar-refractivity contribution is 0.546. The van der Waals surface area contributed by atoms with E-state index in [2.05, 4.69) is 20.3 Å². The normalized spacial score (nSPS) is 11.6. The van der Waals surface area contributed by atoms with Crippen LogP contribution in [0.2, 0.25) is 5.15 Å². The largest absolute Gasteiger partial charge is 0.364 e. The second kappa shape index (κ2) is 5.30. The number of anilines is 1. The Morgan fingerprint density at radius 1 is 1.42 bits per heavy atom. The molecule has 2 aromatic rings. The lowest BCUT2D eigenvalue weighted by Gasteiger charge is -2.17. The van der Waals surface area contributed by atoms with Crippen molar-refractivity contribution in [3.05, 3.63) is 37.8 Å². The van der Waals surface area contributed by atoms with Crippen LogP contribution in [0, 0.1) is 0 Å². The molecule has 0 aliphatic rings. The van der Waals surface area contributed by atoms with Crippen molar-refractivity contribution in [3.63, 3.8) is 0 Å². The van der Waals surface area contributed by atoms with E-state index in [1.54, 1.807) is 11.4 Å². The van der Waals surface area contributed by atoms with Gasteiger partial charge in [0, 0.05) is 22.6 Å². The van der Waals surface area contributed by atoms with E-state index in [0.717, 1.165) is 17.0 Å². The van der Waals surface area contributed by atoms with Gasteiger partial charge in [0.25, 0.3) is 0 Å². The van der Waals surface area contributed by atoms with Gasteiger partial charge in [-0.2, -0.15) is 0 Å². The predicted octanol–water partition coefficient (Wildman–Crippen LogP) is 2.79. The van der Waals surface area contributed by atoms with Crippen LogP contribution < -0.4 is 10.2 Å². The molecule has 2 heterocycles. The Morgan fingerprint density at radius 3 is 2.74 bits per heavy atom. The van der Waals surface area contributed by atoms with Crippen LogP contribution >= 0.6 is 22.9 Å². The van der Waals surface area contributed by atoms with Crippen molar-refractivity contribution in [1.29, 1.82) is 0 Å². The van der Waals surface area contributed by atoms with E-state index in [1.165, 1.54) is 0 Å². The molecule has 0 radical (unpaired) electrons. The van der Waals surface area contributed by atoms with Gasteiger partial charge in [0.2, 0.25) is 0 Å². The first-order chi connectivity index (χ1) is 8.84. The van der Waals surface area contributed by atoms with E-state index in [1.807, 2.05) is 20.8 Å². The summed E-state index contributed by atoms with van der Waals surface area (Å²) in [7, 11) is 0. The van der Waals surface area contributed by atoms with E-state index in [9.17, 15) is 4.79 Å². The number of nitrogens with zero attached hydrogens (tertiary/aromatic N) is 2. The van der Waals surface area contributed by atoms with Crippen LogP contribution in [0.15, 0.2) is 16.2 Å². The second-order valence-corrected chi connectivity index (χ2v) is 6.41. The molecule has 102 valence electrons. The number of thiazole rings is 1. The lowest BCUT2D eigenvalue weighted by atomic mass is 9.96. The minimum Gasteiger partial charge on any atom is -0.364 e. The number of halogens is 1. The molecule has 5 nitrogen and oxygen atoms in total.